The topological polar surface area (TPSA) is 135 Å². The number of carbonyl (C=O) groups is 3. The molecule has 0 spiro atoms. The first-order chi connectivity index (χ1) is 21.7. The van der Waals surface area contributed by atoms with Gasteiger partial charge in [-0.05, 0) is 63.4 Å². The van der Waals surface area contributed by atoms with Crippen LogP contribution in [0.2, 0.25) is 5.04 Å². The van der Waals surface area contributed by atoms with Gasteiger partial charge in [-0.15, -0.1) is 0 Å². The molecule has 0 aliphatic carbocycles. The van der Waals surface area contributed by atoms with E-state index in [9.17, 15) is 24.6 Å². The van der Waals surface area contributed by atoms with Gasteiger partial charge in [-0.3, -0.25) is 9.69 Å². The third-order valence-electron chi connectivity index (χ3n) is 8.22. The summed E-state index contributed by atoms with van der Waals surface area (Å²) < 4.78 is 18.9. The van der Waals surface area contributed by atoms with Gasteiger partial charge < -0.3 is 29.4 Å². The zero-order valence-corrected chi connectivity index (χ0v) is 30.6. The van der Waals surface area contributed by atoms with E-state index in [1.165, 1.54) is 11.8 Å². The standard InChI is InChI=1S/C36H54N2O8Si/c1-24(40)37-30(29(41)22-39)31-25(21-28(32(42)45-34(2,3)4)38(31)33(43)46-35(5,6)7)23-44-47(36(8,9)10,26-17-13-11-14-18-26)27-19-15-12-16-20-27/h11-20,25,28-31,39,41H,21-23H2,1-10H3,(H,37,40)/t25-,28+,29+,30-,31+/m0/s1. The maximum Gasteiger partial charge on any atom is 0.411 e. The Morgan fingerprint density at radius 1 is 0.872 bits per heavy atom. The quantitative estimate of drug-likeness (QED) is 0.257. The first-order valence-corrected chi connectivity index (χ1v) is 18.2. The molecular formula is C36H54N2O8Si. The van der Waals surface area contributed by atoms with Gasteiger partial charge in [-0.1, -0.05) is 81.4 Å². The molecule has 3 rings (SSSR count). The Morgan fingerprint density at radius 2 is 1.36 bits per heavy atom. The molecule has 1 saturated heterocycles. The van der Waals surface area contributed by atoms with Crippen molar-refractivity contribution < 1.29 is 38.5 Å². The van der Waals surface area contributed by atoms with Crippen LogP contribution in [0.1, 0.15) is 75.7 Å². The molecule has 1 fully saturated rings. The number of nitrogens with zero attached hydrogens (tertiary/aromatic N) is 1. The van der Waals surface area contributed by atoms with Crippen molar-refractivity contribution in [2.45, 2.75) is 116 Å². The molecule has 0 radical (unpaired) electrons. The second kappa shape index (κ2) is 14.9. The molecule has 1 aliphatic heterocycles. The number of ether oxygens (including phenoxy) is 2. The van der Waals surface area contributed by atoms with Crippen molar-refractivity contribution in [1.82, 2.24) is 10.2 Å². The van der Waals surface area contributed by atoms with Crippen LogP contribution in [0.5, 0.6) is 0 Å². The minimum Gasteiger partial charge on any atom is -0.458 e. The number of amides is 2. The lowest BCUT2D eigenvalue weighted by Gasteiger charge is -2.44. The Hall–Kier alpha value is -3.25. The van der Waals surface area contributed by atoms with Crippen molar-refractivity contribution in [3.63, 3.8) is 0 Å². The van der Waals surface area contributed by atoms with Gasteiger partial charge in [-0.2, -0.15) is 0 Å². The molecule has 0 bridgehead atoms. The summed E-state index contributed by atoms with van der Waals surface area (Å²) in [5, 5.41) is 25.7. The van der Waals surface area contributed by atoms with E-state index < -0.39 is 74.2 Å². The highest BCUT2D eigenvalue weighted by Gasteiger charge is 2.56. The second-order valence-electron chi connectivity index (χ2n) is 15.4. The Bertz CT molecular complexity index is 1310. The van der Waals surface area contributed by atoms with Crippen LogP contribution in [0, 0.1) is 5.92 Å². The van der Waals surface area contributed by atoms with Crippen LogP contribution in [0.15, 0.2) is 60.7 Å². The number of nitrogens with one attached hydrogen (secondary N) is 1. The third kappa shape index (κ3) is 9.22. The van der Waals surface area contributed by atoms with Crippen LogP contribution in [0.4, 0.5) is 4.79 Å². The maximum atomic E-state index is 14.0. The lowest BCUT2D eigenvalue weighted by Crippen LogP contribution is -2.67. The fourth-order valence-corrected chi connectivity index (χ4v) is 11.1. The average molecular weight is 671 g/mol. The van der Waals surface area contributed by atoms with Gasteiger partial charge in [0.2, 0.25) is 5.91 Å². The zero-order chi connectivity index (χ0) is 35.4. The molecule has 2 amide bonds. The number of aliphatic hydroxyl groups is 2. The molecule has 0 aromatic heterocycles. The van der Waals surface area contributed by atoms with E-state index in [2.05, 4.69) is 50.4 Å². The molecule has 11 heteroatoms. The SMILES string of the molecule is CC(=O)N[C@H]([C@H]1[C@H](CO[Si](c2ccccc2)(c2ccccc2)C(C)(C)C)C[C@H](C(=O)OC(C)(C)C)N1C(=O)OC(C)(C)C)[C@H](O)CO. The Kier molecular flexibility index (Phi) is 12.1. The molecule has 2 aromatic carbocycles. The molecule has 0 unspecified atom stereocenters. The molecule has 1 heterocycles. The zero-order valence-electron chi connectivity index (χ0n) is 29.6. The molecule has 2 aromatic rings. The van der Waals surface area contributed by atoms with Crippen molar-refractivity contribution in [1.29, 1.82) is 0 Å². The average Bonchev–Trinajstić information content (AvgIpc) is 3.34. The van der Waals surface area contributed by atoms with Gasteiger partial charge in [0.15, 0.2) is 0 Å². The van der Waals surface area contributed by atoms with Gasteiger partial charge in [0.1, 0.15) is 17.2 Å². The highest BCUT2D eigenvalue weighted by molar-refractivity contribution is 6.99. The number of likely N-dealkylation sites (tertiary alicyclic amines) is 1. The molecule has 3 N–H and O–H groups in total. The van der Waals surface area contributed by atoms with Crippen molar-refractivity contribution in [2.75, 3.05) is 13.2 Å². The lowest BCUT2D eigenvalue weighted by molar-refractivity contribution is -0.160. The number of carbonyl (C=O) groups excluding carboxylic acids is 3. The fraction of sp³-hybridized carbons (Fsp3) is 0.583. The monoisotopic (exact) mass is 670 g/mol. The number of hydrogen-bond donors (Lipinski definition) is 3. The van der Waals surface area contributed by atoms with Crippen LogP contribution < -0.4 is 15.7 Å². The van der Waals surface area contributed by atoms with Gasteiger partial charge >= 0.3 is 12.1 Å². The minimum atomic E-state index is -3.07. The number of rotatable bonds is 10. The van der Waals surface area contributed by atoms with E-state index >= 15 is 0 Å². The van der Waals surface area contributed by atoms with Gasteiger partial charge in [0.05, 0.1) is 24.8 Å². The molecule has 10 nitrogen and oxygen atoms in total. The lowest BCUT2D eigenvalue weighted by atomic mass is 9.91. The normalized spacial score (nSPS) is 20.3. The number of aliphatic hydroxyl groups excluding tert-OH is 2. The minimum absolute atomic E-state index is 0.0742. The Morgan fingerprint density at radius 3 is 1.77 bits per heavy atom. The summed E-state index contributed by atoms with van der Waals surface area (Å²) in [6.07, 6.45) is -2.14. The molecule has 0 saturated carbocycles. The molecule has 1 aliphatic rings. The van der Waals surface area contributed by atoms with Crippen LogP contribution in [-0.4, -0.2) is 90.0 Å². The summed E-state index contributed by atoms with van der Waals surface area (Å²) in [4.78, 5) is 41.6. The number of esters is 1. The summed E-state index contributed by atoms with van der Waals surface area (Å²) in [6.45, 7) is 17.5. The van der Waals surface area contributed by atoms with E-state index in [0.717, 1.165) is 10.4 Å². The van der Waals surface area contributed by atoms with Crippen LogP contribution in [-0.2, 0) is 23.5 Å². The number of benzene rings is 2. The highest BCUT2D eigenvalue weighted by Crippen LogP contribution is 2.40. The van der Waals surface area contributed by atoms with E-state index in [0.29, 0.717) is 0 Å². The molecule has 47 heavy (non-hydrogen) atoms. The second-order valence-corrected chi connectivity index (χ2v) is 19.7. The van der Waals surface area contributed by atoms with E-state index in [1.807, 2.05) is 36.4 Å². The summed E-state index contributed by atoms with van der Waals surface area (Å²) in [7, 11) is -3.07. The van der Waals surface area contributed by atoms with Crippen molar-refractivity contribution in [2.24, 2.45) is 5.92 Å². The third-order valence-corrected chi connectivity index (χ3v) is 13.2. The summed E-state index contributed by atoms with van der Waals surface area (Å²) >= 11 is 0. The smallest absolute Gasteiger partial charge is 0.411 e. The van der Waals surface area contributed by atoms with Crippen LogP contribution >= 0.6 is 0 Å². The molecule has 5 atom stereocenters. The highest BCUT2D eigenvalue weighted by atomic mass is 28.4. The van der Waals surface area contributed by atoms with Crippen LogP contribution in [0.3, 0.4) is 0 Å². The van der Waals surface area contributed by atoms with E-state index in [4.69, 9.17) is 13.9 Å². The van der Waals surface area contributed by atoms with E-state index in [-0.39, 0.29) is 18.1 Å². The molecular weight excluding hydrogens is 616 g/mol. The Balaban J connectivity index is 2.24. The summed E-state index contributed by atoms with van der Waals surface area (Å²) in [5.74, 6) is -1.69. The van der Waals surface area contributed by atoms with Gasteiger partial charge in [-0.25, -0.2) is 9.59 Å². The van der Waals surface area contributed by atoms with E-state index in [1.54, 1.807) is 41.5 Å². The number of hydrogen-bond acceptors (Lipinski definition) is 8. The maximum absolute atomic E-state index is 14.0. The van der Waals surface area contributed by atoms with Gasteiger partial charge in [0.25, 0.3) is 8.32 Å². The Labute approximate surface area is 280 Å². The summed E-state index contributed by atoms with van der Waals surface area (Å²) in [6, 6.07) is 16.9. The first kappa shape index (κ1) is 38.2. The summed E-state index contributed by atoms with van der Waals surface area (Å²) in [5.41, 5.74) is -1.76. The van der Waals surface area contributed by atoms with Crippen molar-refractivity contribution in [3.05, 3.63) is 60.7 Å². The largest absolute Gasteiger partial charge is 0.458 e. The van der Waals surface area contributed by atoms with Gasteiger partial charge in [0, 0.05) is 19.4 Å². The van der Waals surface area contributed by atoms with Crippen molar-refractivity contribution >= 4 is 36.7 Å². The van der Waals surface area contributed by atoms with Crippen LogP contribution in [0.25, 0.3) is 0 Å². The van der Waals surface area contributed by atoms with Crippen molar-refractivity contribution in [3.8, 4) is 0 Å². The predicted molar refractivity (Wildman–Crippen MR) is 184 cm³/mol. The predicted octanol–water partition coefficient (Wildman–Crippen LogP) is 3.76. The first-order valence-electron chi connectivity index (χ1n) is 16.3. The molecule has 260 valence electrons. The fourth-order valence-electron chi connectivity index (χ4n) is 6.50.